The molecule has 2 rings (SSSR count). The third-order valence-electron chi connectivity index (χ3n) is 4.21. The van der Waals surface area contributed by atoms with Gasteiger partial charge in [-0.3, -0.25) is 4.79 Å². The van der Waals surface area contributed by atoms with E-state index in [9.17, 15) is 14.4 Å². The van der Waals surface area contributed by atoms with Crippen molar-refractivity contribution in [3.8, 4) is 11.5 Å². The van der Waals surface area contributed by atoms with Crippen LogP contribution < -0.4 is 9.47 Å². The smallest absolute Gasteiger partial charge is 0.355 e. The van der Waals surface area contributed by atoms with Gasteiger partial charge in [-0.15, -0.1) is 0 Å². The molecule has 2 aromatic rings. The van der Waals surface area contributed by atoms with E-state index < -0.39 is 24.3 Å². The van der Waals surface area contributed by atoms with Crippen LogP contribution in [0.3, 0.4) is 0 Å². The summed E-state index contributed by atoms with van der Waals surface area (Å²) in [6.07, 6.45) is 0. The van der Waals surface area contributed by atoms with E-state index in [1.54, 1.807) is 20.8 Å². The number of ketones is 1. The SMILES string of the molecule is CCOC(=O)c1[nH]c(C)c(C(=O)COC(=O)c2cc(OC)c(Br)c(OC)c2)c1C. The molecule has 1 N–H and O–H groups in total. The molecule has 9 heteroatoms. The molecule has 0 saturated heterocycles. The van der Waals surface area contributed by atoms with E-state index in [-0.39, 0.29) is 17.9 Å². The zero-order valence-electron chi connectivity index (χ0n) is 16.8. The van der Waals surface area contributed by atoms with Crippen molar-refractivity contribution in [2.24, 2.45) is 0 Å². The van der Waals surface area contributed by atoms with Gasteiger partial charge in [-0.25, -0.2) is 9.59 Å². The number of H-pyrrole nitrogens is 1. The minimum atomic E-state index is -0.709. The number of methoxy groups -OCH3 is 2. The molecule has 0 aliphatic carbocycles. The molecular weight excluding hydrogens is 446 g/mol. The summed E-state index contributed by atoms with van der Waals surface area (Å²) in [5.74, 6) is -0.911. The fourth-order valence-corrected chi connectivity index (χ4v) is 3.40. The molecule has 1 heterocycles. The van der Waals surface area contributed by atoms with Crippen molar-refractivity contribution in [3.05, 3.63) is 44.7 Å². The molecule has 0 aliphatic rings. The Bertz CT molecular complexity index is 924. The Morgan fingerprint density at radius 1 is 1.00 bits per heavy atom. The zero-order chi connectivity index (χ0) is 21.7. The Balaban J connectivity index is 2.18. The Hall–Kier alpha value is -2.81. The lowest BCUT2D eigenvalue weighted by Gasteiger charge is -2.11. The van der Waals surface area contributed by atoms with Crippen molar-refractivity contribution in [1.82, 2.24) is 4.98 Å². The van der Waals surface area contributed by atoms with Gasteiger partial charge in [0.1, 0.15) is 21.7 Å². The molecule has 0 amide bonds. The number of nitrogens with one attached hydrogen (secondary N) is 1. The van der Waals surface area contributed by atoms with E-state index >= 15 is 0 Å². The predicted molar refractivity (Wildman–Crippen MR) is 108 cm³/mol. The summed E-state index contributed by atoms with van der Waals surface area (Å²) in [5.41, 5.74) is 1.63. The molecule has 0 spiro atoms. The number of carbonyl (C=O) groups excluding carboxylic acids is 3. The lowest BCUT2D eigenvalue weighted by atomic mass is 10.1. The molecule has 1 aromatic carbocycles. The van der Waals surface area contributed by atoms with Crippen molar-refractivity contribution < 1.29 is 33.3 Å². The second-order valence-corrected chi connectivity index (χ2v) is 6.83. The Morgan fingerprint density at radius 2 is 1.59 bits per heavy atom. The van der Waals surface area contributed by atoms with Crippen molar-refractivity contribution in [2.45, 2.75) is 20.8 Å². The van der Waals surface area contributed by atoms with Crippen molar-refractivity contribution >= 4 is 33.7 Å². The van der Waals surface area contributed by atoms with E-state index in [1.165, 1.54) is 26.4 Å². The number of benzene rings is 1. The van der Waals surface area contributed by atoms with Crippen molar-refractivity contribution in [1.29, 1.82) is 0 Å². The van der Waals surface area contributed by atoms with Crippen LogP contribution in [0.1, 0.15) is 49.4 Å². The number of Topliss-reactive ketones (excluding diaryl/α,β-unsaturated/α-hetero) is 1. The van der Waals surface area contributed by atoms with E-state index in [1.807, 2.05) is 0 Å². The maximum Gasteiger partial charge on any atom is 0.355 e. The molecule has 0 aliphatic heterocycles. The zero-order valence-corrected chi connectivity index (χ0v) is 18.4. The van der Waals surface area contributed by atoms with Crippen LogP contribution in [0.25, 0.3) is 0 Å². The van der Waals surface area contributed by atoms with Gasteiger partial charge >= 0.3 is 11.9 Å². The van der Waals surface area contributed by atoms with Gasteiger partial charge in [0.25, 0.3) is 0 Å². The van der Waals surface area contributed by atoms with Gasteiger partial charge in [0.2, 0.25) is 5.78 Å². The quantitative estimate of drug-likeness (QED) is 0.466. The monoisotopic (exact) mass is 467 g/mol. The van der Waals surface area contributed by atoms with Crippen LogP contribution in [0, 0.1) is 13.8 Å². The second kappa shape index (κ2) is 9.60. The van der Waals surface area contributed by atoms with Crippen LogP contribution in [0.5, 0.6) is 11.5 Å². The minimum Gasteiger partial charge on any atom is -0.495 e. The lowest BCUT2D eigenvalue weighted by Crippen LogP contribution is -2.16. The molecule has 156 valence electrons. The molecule has 1 aromatic heterocycles. The summed E-state index contributed by atoms with van der Waals surface area (Å²) in [7, 11) is 2.91. The van der Waals surface area contributed by atoms with Gasteiger partial charge in [-0.05, 0) is 54.4 Å². The number of rotatable bonds is 8. The average Bonchev–Trinajstić information content (AvgIpc) is 3.00. The van der Waals surface area contributed by atoms with E-state index in [4.69, 9.17) is 18.9 Å². The maximum atomic E-state index is 12.6. The first-order valence-corrected chi connectivity index (χ1v) is 9.52. The molecular formula is C20H22BrNO7. The molecule has 0 radical (unpaired) electrons. The standard InChI is InChI=1S/C20H22BrNO7/c1-6-28-20(25)18-10(2)16(11(3)22-18)13(23)9-29-19(24)12-7-14(26-4)17(21)15(8-12)27-5/h7-8,22H,6,9H2,1-5H3. The van der Waals surface area contributed by atoms with Crippen LogP contribution in [-0.2, 0) is 9.47 Å². The molecule has 0 atom stereocenters. The molecule has 0 bridgehead atoms. The van der Waals surface area contributed by atoms with Crippen LogP contribution in [0.4, 0.5) is 0 Å². The topological polar surface area (TPSA) is 104 Å². The third-order valence-corrected chi connectivity index (χ3v) is 4.99. The van der Waals surface area contributed by atoms with Gasteiger partial charge in [-0.1, -0.05) is 0 Å². The highest BCUT2D eigenvalue weighted by atomic mass is 79.9. The van der Waals surface area contributed by atoms with Crippen molar-refractivity contribution in [2.75, 3.05) is 27.4 Å². The summed E-state index contributed by atoms with van der Waals surface area (Å²) in [5, 5.41) is 0. The fourth-order valence-electron chi connectivity index (χ4n) is 2.85. The Kier molecular flexibility index (Phi) is 7.44. The Morgan fingerprint density at radius 3 is 2.10 bits per heavy atom. The van der Waals surface area contributed by atoms with Crippen LogP contribution >= 0.6 is 15.9 Å². The molecule has 0 saturated carbocycles. The molecule has 29 heavy (non-hydrogen) atoms. The number of ether oxygens (including phenoxy) is 4. The average molecular weight is 468 g/mol. The van der Waals surface area contributed by atoms with Gasteiger partial charge in [-0.2, -0.15) is 0 Å². The number of aromatic amines is 1. The highest BCUT2D eigenvalue weighted by Gasteiger charge is 2.24. The highest BCUT2D eigenvalue weighted by molar-refractivity contribution is 9.10. The lowest BCUT2D eigenvalue weighted by molar-refractivity contribution is 0.0472. The normalized spacial score (nSPS) is 10.4. The minimum absolute atomic E-state index is 0.171. The number of esters is 2. The molecule has 0 fully saturated rings. The maximum absolute atomic E-state index is 12.6. The fraction of sp³-hybridized carbons (Fsp3) is 0.350. The van der Waals surface area contributed by atoms with Gasteiger partial charge in [0.05, 0.1) is 26.4 Å². The number of carbonyl (C=O) groups is 3. The first-order valence-electron chi connectivity index (χ1n) is 8.73. The summed E-state index contributed by atoms with van der Waals surface area (Å²) in [6.45, 7) is 4.73. The number of aromatic nitrogens is 1. The summed E-state index contributed by atoms with van der Waals surface area (Å²) >= 11 is 3.32. The molecule has 8 nitrogen and oxygen atoms in total. The van der Waals surface area contributed by atoms with Gasteiger partial charge < -0.3 is 23.9 Å². The summed E-state index contributed by atoms with van der Waals surface area (Å²) in [4.78, 5) is 39.9. The number of halogens is 1. The highest BCUT2D eigenvalue weighted by Crippen LogP contribution is 2.35. The number of hydrogen-bond acceptors (Lipinski definition) is 7. The Labute approximate surface area is 176 Å². The first-order chi connectivity index (χ1) is 13.7. The van der Waals surface area contributed by atoms with Crippen LogP contribution in [-0.4, -0.2) is 50.1 Å². The predicted octanol–water partition coefficient (Wildman–Crippen LogP) is 3.63. The largest absolute Gasteiger partial charge is 0.495 e. The van der Waals surface area contributed by atoms with Crippen molar-refractivity contribution in [3.63, 3.8) is 0 Å². The summed E-state index contributed by atoms with van der Waals surface area (Å²) < 4.78 is 21.1. The van der Waals surface area contributed by atoms with Gasteiger partial charge in [0, 0.05) is 11.3 Å². The second-order valence-electron chi connectivity index (χ2n) is 6.04. The van der Waals surface area contributed by atoms with Crippen LogP contribution in [0.2, 0.25) is 0 Å². The van der Waals surface area contributed by atoms with E-state index in [0.29, 0.717) is 32.8 Å². The third kappa shape index (κ3) is 4.79. The first kappa shape index (κ1) is 22.5. The van der Waals surface area contributed by atoms with E-state index in [0.717, 1.165) is 0 Å². The molecule has 0 unspecified atom stereocenters. The number of aryl methyl sites for hydroxylation is 1. The summed E-state index contributed by atoms with van der Waals surface area (Å²) in [6, 6.07) is 2.95. The van der Waals surface area contributed by atoms with Gasteiger partial charge in [0.15, 0.2) is 6.61 Å². The number of hydrogen-bond donors (Lipinski definition) is 1. The van der Waals surface area contributed by atoms with E-state index in [2.05, 4.69) is 20.9 Å². The van der Waals surface area contributed by atoms with Crippen LogP contribution in [0.15, 0.2) is 16.6 Å².